The van der Waals surface area contributed by atoms with Gasteiger partial charge in [-0.2, -0.15) is 5.10 Å². The summed E-state index contributed by atoms with van der Waals surface area (Å²) in [4.78, 5) is 0.263. The van der Waals surface area contributed by atoms with E-state index in [-0.39, 0.29) is 4.90 Å². The normalized spacial score (nSPS) is 16.0. The number of hydrogen-bond acceptors (Lipinski definition) is 4. The van der Waals surface area contributed by atoms with Gasteiger partial charge in [-0.05, 0) is 31.8 Å². The van der Waals surface area contributed by atoms with Gasteiger partial charge in [0.15, 0.2) is 0 Å². The Hall–Kier alpha value is -0.920. The zero-order chi connectivity index (χ0) is 15.1. The fourth-order valence-electron chi connectivity index (χ4n) is 2.41. The fraction of sp³-hybridized carbons (Fsp3) is 0.786. The van der Waals surface area contributed by atoms with Crippen LogP contribution < -0.4 is 10.0 Å². The number of hydrogen-bond donors (Lipinski definition) is 2. The number of rotatable bonds is 10. The summed E-state index contributed by atoms with van der Waals surface area (Å²) in [6, 6.07) is 0. The summed E-state index contributed by atoms with van der Waals surface area (Å²) in [5.74, 6) is 0.710. The molecule has 6 nitrogen and oxygen atoms in total. The summed E-state index contributed by atoms with van der Waals surface area (Å²) in [6.07, 6.45) is 8.69. The molecular formula is C14H26N4O2S. The maximum atomic E-state index is 12.1. The molecule has 0 bridgehead atoms. The second kappa shape index (κ2) is 7.91. The summed E-state index contributed by atoms with van der Waals surface area (Å²) in [6.45, 7) is 5.18. The Morgan fingerprint density at radius 1 is 1.38 bits per heavy atom. The van der Waals surface area contributed by atoms with Crippen molar-refractivity contribution in [3.05, 3.63) is 12.4 Å². The van der Waals surface area contributed by atoms with E-state index in [4.69, 9.17) is 0 Å². The van der Waals surface area contributed by atoms with Gasteiger partial charge in [-0.25, -0.2) is 13.1 Å². The second-order valence-electron chi connectivity index (χ2n) is 5.63. The van der Waals surface area contributed by atoms with E-state index in [1.54, 1.807) is 10.9 Å². The first kappa shape index (κ1) is 16.5. The first-order valence-corrected chi connectivity index (χ1v) is 9.33. The van der Waals surface area contributed by atoms with Crippen molar-refractivity contribution in [2.24, 2.45) is 5.92 Å². The third-order valence-corrected chi connectivity index (χ3v) is 5.40. The zero-order valence-electron chi connectivity index (χ0n) is 12.7. The molecule has 0 aliphatic heterocycles. The smallest absolute Gasteiger partial charge is 0.243 e. The third kappa shape index (κ3) is 5.09. The van der Waals surface area contributed by atoms with Crippen LogP contribution >= 0.6 is 0 Å². The van der Waals surface area contributed by atoms with Crippen LogP contribution in [0.1, 0.15) is 39.0 Å². The van der Waals surface area contributed by atoms with Crippen LogP contribution in [-0.2, 0) is 16.6 Å². The van der Waals surface area contributed by atoms with Crippen molar-refractivity contribution in [3.63, 3.8) is 0 Å². The van der Waals surface area contributed by atoms with Crippen molar-refractivity contribution >= 4 is 10.0 Å². The number of aryl methyl sites for hydroxylation is 1. The van der Waals surface area contributed by atoms with Gasteiger partial charge >= 0.3 is 0 Å². The van der Waals surface area contributed by atoms with Crippen molar-refractivity contribution < 1.29 is 8.42 Å². The zero-order valence-corrected chi connectivity index (χ0v) is 13.5. The first-order valence-electron chi connectivity index (χ1n) is 7.84. The van der Waals surface area contributed by atoms with Gasteiger partial charge in [0.1, 0.15) is 4.90 Å². The van der Waals surface area contributed by atoms with Gasteiger partial charge in [0.2, 0.25) is 10.0 Å². The third-order valence-electron chi connectivity index (χ3n) is 3.98. The maximum absolute atomic E-state index is 12.1. The van der Waals surface area contributed by atoms with Crippen molar-refractivity contribution in [2.45, 2.75) is 50.5 Å². The monoisotopic (exact) mass is 314 g/mol. The lowest BCUT2D eigenvalue weighted by Gasteiger charge is -2.24. The van der Waals surface area contributed by atoms with E-state index in [1.165, 1.54) is 25.5 Å². The molecular weight excluding hydrogens is 288 g/mol. The maximum Gasteiger partial charge on any atom is 0.243 e. The van der Waals surface area contributed by atoms with Gasteiger partial charge in [-0.15, -0.1) is 0 Å². The Morgan fingerprint density at radius 2 is 2.19 bits per heavy atom. The molecule has 0 radical (unpaired) electrons. The van der Waals surface area contributed by atoms with Crippen molar-refractivity contribution in [3.8, 4) is 0 Å². The van der Waals surface area contributed by atoms with E-state index in [9.17, 15) is 8.42 Å². The minimum Gasteiger partial charge on any atom is -0.317 e. The fourth-order valence-corrected chi connectivity index (χ4v) is 3.41. The van der Waals surface area contributed by atoms with Gasteiger partial charge in [0.25, 0.3) is 0 Å². The molecule has 0 amide bonds. The predicted molar refractivity (Wildman–Crippen MR) is 82.5 cm³/mol. The average molecular weight is 314 g/mol. The van der Waals surface area contributed by atoms with E-state index in [2.05, 4.69) is 22.1 Å². The highest BCUT2D eigenvalue weighted by Gasteiger charge is 2.20. The van der Waals surface area contributed by atoms with E-state index in [1.807, 2.05) is 0 Å². The molecule has 1 aliphatic rings. The highest BCUT2D eigenvalue weighted by Crippen LogP contribution is 2.28. The minimum atomic E-state index is -3.40. The van der Waals surface area contributed by atoms with E-state index in [0.29, 0.717) is 12.5 Å². The van der Waals surface area contributed by atoms with Crippen LogP contribution in [-0.4, -0.2) is 37.8 Å². The van der Waals surface area contributed by atoms with E-state index in [0.717, 1.165) is 32.5 Å². The Labute approximate surface area is 127 Å². The molecule has 0 aromatic carbocycles. The molecule has 21 heavy (non-hydrogen) atoms. The highest BCUT2D eigenvalue weighted by molar-refractivity contribution is 7.89. The van der Waals surface area contributed by atoms with Gasteiger partial charge in [0, 0.05) is 19.3 Å². The van der Waals surface area contributed by atoms with Crippen LogP contribution in [0, 0.1) is 5.92 Å². The summed E-state index contributed by atoms with van der Waals surface area (Å²) in [5.41, 5.74) is 0. The topological polar surface area (TPSA) is 76.0 Å². The van der Waals surface area contributed by atoms with Crippen molar-refractivity contribution in [1.82, 2.24) is 19.8 Å². The molecule has 1 fully saturated rings. The standard InChI is InChI=1S/C14H26N4O2S/c1-2-15-8-4-10-18-12-14(11-16-18)21(19,20)17-9-7-13-5-3-6-13/h11-13,15,17H,2-10H2,1H3. The number of nitrogens with zero attached hydrogens (tertiary/aromatic N) is 2. The molecule has 1 saturated carbocycles. The van der Waals surface area contributed by atoms with Crippen LogP contribution in [0.15, 0.2) is 17.3 Å². The van der Waals surface area contributed by atoms with Crippen LogP contribution in [0.2, 0.25) is 0 Å². The molecule has 1 aromatic rings. The number of aromatic nitrogens is 2. The lowest BCUT2D eigenvalue weighted by Crippen LogP contribution is -2.27. The summed E-state index contributed by atoms with van der Waals surface area (Å²) in [5, 5.41) is 7.35. The highest BCUT2D eigenvalue weighted by atomic mass is 32.2. The first-order chi connectivity index (χ1) is 10.1. The average Bonchev–Trinajstić information content (AvgIpc) is 2.87. The molecule has 2 N–H and O–H groups in total. The molecule has 0 saturated heterocycles. The van der Waals surface area contributed by atoms with Crippen LogP contribution in [0.4, 0.5) is 0 Å². The molecule has 2 rings (SSSR count). The van der Waals surface area contributed by atoms with Gasteiger partial charge < -0.3 is 5.32 Å². The molecule has 1 aliphatic carbocycles. The number of nitrogens with one attached hydrogen (secondary N) is 2. The molecule has 1 aromatic heterocycles. The van der Waals surface area contributed by atoms with Gasteiger partial charge in [-0.3, -0.25) is 4.68 Å². The van der Waals surface area contributed by atoms with Crippen LogP contribution in [0.25, 0.3) is 0 Å². The number of sulfonamides is 1. The molecule has 0 unspecified atom stereocenters. The predicted octanol–water partition coefficient (Wildman–Crippen LogP) is 1.35. The van der Waals surface area contributed by atoms with Crippen LogP contribution in [0.5, 0.6) is 0 Å². The Balaban J connectivity index is 1.77. The summed E-state index contributed by atoms with van der Waals surface area (Å²) >= 11 is 0. The lowest BCUT2D eigenvalue weighted by atomic mass is 9.83. The Kier molecular flexibility index (Phi) is 6.20. The van der Waals surface area contributed by atoms with Crippen molar-refractivity contribution in [2.75, 3.05) is 19.6 Å². The summed E-state index contributed by atoms with van der Waals surface area (Å²) < 4.78 is 28.6. The van der Waals surface area contributed by atoms with Crippen molar-refractivity contribution in [1.29, 1.82) is 0 Å². The van der Waals surface area contributed by atoms with Gasteiger partial charge in [0.05, 0.1) is 6.20 Å². The Morgan fingerprint density at radius 3 is 2.86 bits per heavy atom. The van der Waals surface area contributed by atoms with Crippen LogP contribution in [0.3, 0.4) is 0 Å². The van der Waals surface area contributed by atoms with Gasteiger partial charge in [-0.1, -0.05) is 26.2 Å². The van der Waals surface area contributed by atoms with E-state index < -0.39 is 10.0 Å². The summed E-state index contributed by atoms with van der Waals surface area (Å²) in [7, 11) is -3.40. The Bertz CT molecular complexity index is 523. The molecule has 0 atom stereocenters. The lowest BCUT2D eigenvalue weighted by molar-refractivity contribution is 0.297. The molecule has 7 heteroatoms. The van der Waals surface area contributed by atoms with E-state index >= 15 is 0 Å². The SMILES string of the molecule is CCNCCCn1cc(S(=O)(=O)NCCC2CCC2)cn1. The second-order valence-corrected chi connectivity index (χ2v) is 7.40. The minimum absolute atomic E-state index is 0.263. The quantitative estimate of drug-likeness (QED) is 0.639. The largest absolute Gasteiger partial charge is 0.317 e. The molecule has 1 heterocycles. The molecule has 0 spiro atoms. The molecule has 120 valence electrons.